The fourth-order valence-electron chi connectivity index (χ4n) is 2.41. The summed E-state index contributed by atoms with van der Waals surface area (Å²) >= 11 is 5.41. The number of rotatable bonds is 3. The number of aromatic amines is 1. The predicted molar refractivity (Wildman–Crippen MR) is 79.8 cm³/mol. The average molecular weight is 269 g/mol. The average Bonchev–Trinajstić information content (AvgIpc) is 2.75. The number of nitrogens with one attached hydrogen (secondary N) is 1. The van der Waals surface area contributed by atoms with Crippen molar-refractivity contribution in [2.45, 2.75) is 19.4 Å². The molecule has 0 aliphatic carbocycles. The van der Waals surface area contributed by atoms with Crippen molar-refractivity contribution in [1.29, 1.82) is 0 Å². The Kier molecular flexibility index (Phi) is 3.17. The number of hydrogen-bond acceptors (Lipinski definition) is 2. The molecule has 96 valence electrons. The molecule has 2 heterocycles. The maximum Gasteiger partial charge on any atom is 0.179 e. The number of aromatic nitrogens is 3. The molecule has 0 amide bonds. The smallest absolute Gasteiger partial charge is 0.179 e. The second-order valence-corrected chi connectivity index (χ2v) is 5.10. The third-order valence-electron chi connectivity index (χ3n) is 3.29. The van der Waals surface area contributed by atoms with Crippen molar-refractivity contribution in [3.8, 4) is 0 Å². The number of hydrogen-bond donors (Lipinski definition) is 1. The van der Waals surface area contributed by atoms with Crippen LogP contribution in [0.5, 0.6) is 0 Å². The van der Waals surface area contributed by atoms with Crippen LogP contribution in [-0.2, 0) is 6.42 Å². The molecule has 1 atom stereocenters. The highest BCUT2D eigenvalue weighted by molar-refractivity contribution is 7.71. The van der Waals surface area contributed by atoms with Crippen molar-refractivity contribution in [2.24, 2.45) is 0 Å². The molecule has 0 fully saturated rings. The van der Waals surface area contributed by atoms with Crippen LogP contribution >= 0.6 is 12.2 Å². The van der Waals surface area contributed by atoms with E-state index in [1.165, 1.54) is 5.56 Å². The Labute approximate surface area is 116 Å². The van der Waals surface area contributed by atoms with Crippen LogP contribution in [-0.4, -0.2) is 14.5 Å². The standard InChI is InChI=1S/C15H15N3S/c1-11(10-12-6-3-2-4-7-12)18-14-13(17-15(18)19)8-5-9-16-14/h2-9,11H,10H2,1H3,(H,17,19). The van der Waals surface area contributed by atoms with Gasteiger partial charge in [0.15, 0.2) is 10.4 Å². The second kappa shape index (κ2) is 4.97. The van der Waals surface area contributed by atoms with E-state index in [4.69, 9.17) is 12.2 Å². The largest absolute Gasteiger partial charge is 0.329 e. The predicted octanol–water partition coefficient (Wildman–Crippen LogP) is 3.90. The number of imidazole rings is 1. The monoisotopic (exact) mass is 269 g/mol. The number of pyridine rings is 1. The molecule has 0 saturated carbocycles. The fourth-order valence-corrected chi connectivity index (χ4v) is 2.79. The van der Waals surface area contributed by atoms with E-state index in [0.29, 0.717) is 0 Å². The summed E-state index contributed by atoms with van der Waals surface area (Å²) < 4.78 is 2.83. The van der Waals surface area contributed by atoms with Gasteiger partial charge in [-0.25, -0.2) is 4.98 Å². The number of benzene rings is 1. The van der Waals surface area contributed by atoms with Gasteiger partial charge < -0.3 is 4.98 Å². The van der Waals surface area contributed by atoms with Gasteiger partial charge in [-0.05, 0) is 43.3 Å². The van der Waals surface area contributed by atoms with Crippen molar-refractivity contribution in [1.82, 2.24) is 14.5 Å². The Morgan fingerprint density at radius 3 is 2.79 bits per heavy atom. The first-order chi connectivity index (χ1) is 9.25. The van der Waals surface area contributed by atoms with E-state index in [1.54, 1.807) is 6.20 Å². The molecule has 3 aromatic rings. The molecule has 0 radical (unpaired) electrons. The van der Waals surface area contributed by atoms with Crippen LogP contribution < -0.4 is 0 Å². The molecule has 0 bridgehead atoms. The normalized spacial score (nSPS) is 12.7. The molecule has 1 unspecified atom stereocenters. The van der Waals surface area contributed by atoms with Gasteiger partial charge in [-0.2, -0.15) is 0 Å². The highest BCUT2D eigenvalue weighted by Crippen LogP contribution is 2.20. The molecule has 0 saturated heterocycles. The first-order valence-corrected chi connectivity index (χ1v) is 6.75. The van der Waals surface area contributed by atoms with Gasteiger partial charge >= 0.3 is 0 Å². The first-order valence-electron chi connectivity index (χ1n) is 6.35. The third kappa shape index (κ3) is 2.31. The molecule has 2 aromatic heterocycles. The quantitative estimate of drug-likeness (QED) is 0.732. The summed E-state index contributed by atoms with van der Waals surface area (Å²) in [6.07, 6.45) is 2.75. The van der Waals surface area contributed by atoms with Gasteiger partial charge in [0, 0.05) is 12.2 Å². The van der Waals surface area contributed by atoms with Gasteiger partial charge in [0.25, 0.3) is 0 Å². The Morgan fingerprint density at radius 1 is 1.21 bits per heavy atom. The van der Waals surface area contributed by atoms with Crippen LogP contribution in [0.2, 0.25) is 0 Å². The summed E-state index contributed by atoms with van der Waals surface area (Å²) in [4.78, 5) is 7.64. The number of nitrogens with zero attached hydrogens (tertiary/aromatic N) is 2. The van der Waals surface area contributed by atoms with E-state index in [-0.39, 0.29) is 6.04 Å². The van der Waals surface area contributed by atoms with Crippen molar-refractivity contribution in [3.63, 3.8) is 0 Å². The lowest BCUT2D eigenvalue weighted by Crippen LogP contribution is -2.09. The van der Waals surface area contributed by atoms with Crippen molar-refractivity contribution in [2.75, 3.05) is 0 Å². The minimum absolute atomic E-state index is 0.276. The van der Waals surface area contributed by atoms with Crippen LogP contribution in [0.4, 0.5) is 0 Å². The van der Waals surface area contributed by atoms with Crippen molar-refractivity contribution < 1.29 is 0 Å². The molecule has 1 N–H and O–H groups in total. The van der Waals surface area contributed by atoms with Gasteiger partial charge in [-0.15, -0.1) is 0 Å². The van der Waals surface area contributed by atoms with Crippen LogP contribution in [0.3, 0.4) is 0 Å². The topological polar surface area (TPSA) is 33.6 Å². The molecule has 0 aliphatic rings. The van der Waals surface area contributed by atoms with Crippen molar-refractivity contribution in [3.05, 3.63) is 59.0 Å². The molecule has 19 heavy (non-hydrogen) atoms. The molecule has 1 aromatic carbocycles. The SMILES string of the molecule is CC(Cc1ccccc1)n1c(=S)[nH]c2cccnc21. The molecule has 4 heteroatoms. The van der Waals surface area contributed by atoms with Gasteiger partial charge in [0.05, 0.1) is 5.52 Å². The minimum atomic E-state index is 0.276. The zero-order valence-electron chi connectivity index (χ0n) is 10.7. The summed E-state index contributed by atoms with van der Waals surface area (Å²) in [5, 5.41) is 0. The second-order valence-electron chi connectivity index (χ2n) is 4.71. The molecule has 0 aliphatic heterocycles. The molecule has 0 spiro atoms. The van der Waals surface area contributed by atoms with Crippen molar-refractivity contribution >= 4 is 23.4 Å². The van der Waals surface area contributed by atoms with E-state index < -0.39 is 0 Å². The summed E-state index contributed by atoms with van der Waals surface area (Å²) in [6, 6.07) is 14.6. The van der Waals surface area contributed by atoms with Crippen LogP contribution in [0.15, 0.2) is 48.7 Å². The first kappa shape index (κ1) is 12.1. The van der Waals surface area contributed by atoms with E-state index in [1.807, 2.05) is 18.2 Å². The zero-order valence-corrected chi connectivity index (χ0v) is 11.5. The van der Waals surface area contributed by atoms with E-state index in [0.717, 1.165) is 22.4 Å². The Morgan fingerprint density at radius 2 is 2.00 bits per heavy atom. The van der Waals surface area contributed by atoms with E-state index >= 15 is 0 Å². The van der Waals surface area contributed by atoms with E-state index in [2.05, 4.69) is 45.7 Å². The molecule has 3 rings (SSSR count). The van der Waals surface area contributed by atoms with Gasteiger partial charge in [-0.1, -0.05) is 30.3 Å². The Hall–Kier alpha value is -1.94. The number of fused-ring (bicyclic) bond motifs is 1. The highest BCUT2D eigenvalue weighted by atomic mass is 32.1. The zero-order chi connectivity index (χ0) is 13.2. The minimum Gasteiger partial charge on any atom is -0.329 e. The molecular weight excluding hydrogens is 254 g/mol. The molecule has 3 nitrogen and oxygen atoms in total. The Bertz CT molecular complexity index is 743. The van der Waals surface area contributed by atoms with Gasteiger partial charge in [0.1, 0.15) is 0 Å². The highest BCUT2D eigenvalue weighted by Gasteiger charge is 2.12. The third-order valence-corrected chi connectivity index (χ3v) is 3.59. The molecular formula is C15H15N3S. The number of H-pyrrole nitrogens is 1. The summed E-state index contributed by atoms with van der Waals surface area (Å²) in [6.45, 7) is 2.17. The maximum atomic E-state index is 5.41. The Balaban J connectivity index is 2.00. The fraction of sp³-hybridized carbons (Fsp3) is 0.200. The van der Waals surface area contributed by atoms with Crippen LogP contribution in [0.1, 0.15) is 18.5 Å². The summed E-state index contributed by atoms with van der Waals surface area (Å²) in [5.74, 6) is 0. The van der Waals surface area contributed by atoms with E-state index in [9.17, 15) is 0 Å². The van der Waals surface area contributed by atoms with Gasteiger partial charge in [-0.3, -0.25) is 4.57 Å². The lowest BCUT2D eigenvalue weighted by atomic mass is 10.1. The summed E-state index contributed by atoms with van der Waals surface area (Å²) in [5.41, 5.74) is 3.23. The lowest BCUT2D eigenvalue weighted by Gasteiger charge is -2.14. The lowest BCUT2D eigenvalue weighted by molar-refractivity contribution is 0.549. The van der Waals surface area contributed by atoms with Crippen LogP contribution in [0, 0.1) is 4.77 Å². The summed E-state index contributed by atoms with van der Waals surface area (Å²) in [7, 11) is 0. The van der Waals surface area contributed by atoms with Gasteiger partial charge in [0.2, 0.25) is 0 Å². The van der Waals surface area contributed by atoms with Crippen LogP contribution in [0.25, 0.3) is 11.2 Å². The maximum absolute atomic E-state index is 5.41.